The summed E-state index contributed by atoms with van der Waals surface area (Å²) in [7, 11) is 0. The molecule has 1 fully saturated rings. The van der Waals surface area contributed by atoms with Crippen molar-refractivity contribution in [3.8, 4) is 11.9 Å². The molecule has 5 rings (SSSR count). The molecule has 2 N–H and O–H groups in total. The summed E-state index contributed by atoms with van der Waals surface area (Å²) in [5.74, 6) is 0.925. The van der Waals surface area contributed by atoms with Crippen LogP contribution in [0.5, 0.6) is 5.88 Å². The molecule has 162 valence electrons. The van der Waals surface area contributed by atoms with Crippen LogP contribution in [-0.4, -0.2) is 32.3 Å². The quantitative estimate of drug-likeness (QED) is 0.704. The third-order valence-corrected chi connectivity index (χ3v) is 5.98. The summed E-state index contributed by atoms with van der Waals surface area (Å²) >= 11 is 0. The number of nitrogens with one attached hydrogen (secondary N) is 2. The van der Waals surface area contributed by atoms with Gasteiger partial charge in [-0.3, -0.25) is 9.48 Å². The van der Waals surface area contributed by atoms with Gasteiger partial charge in [-0.2, -0.15) is 15.3 Å². The number of carbonyl (C=O) groups excluding carboxylic acids is 1. The zero-order chi connectivity index (χ0) is 22.2. The van der Waals surface area contributed by atoms with Crippen LogP contribution in [0.3, 0.4) is 0 Å². The molecule has 0 spiro atoms. The second kappa shape index (κ2) is 7.69. The number of anilines is 2. The number of ether oxygens (including phenoxy) is 1. The number of aromatic nitrogens is 4. The van der Waals surface area contributed by atoms with E-state index in [0.717, 1.165) is 42.8 Å². The maximum atomic E-state index is 11.3. The van der Waals surface area contributed by atoms with Crippen LogP contribution in [0.15, 0.2) is 29.7 Å². The second-order valence-corrected chi connectivity index (χ2v) is 8.99. The van der Waals surface area contributed by atoms with Crippen molar-refractivity contribution in [2.45, 2.75) is 58.9 Å². The van der Waals surface area contributed by atoms with Crippen LogP contribution >= 0.6 is 0 Å². The number of hydrogen-bond acceptors (Lipinski definition) is 7. The Morgan fingerprint density at radius 3 is 2.84 bits per heavy atom. The molecule has 9 heteroatoms. The fraction of sp³-hybridized carbons (Fsp3) is 0.500. The van der Waals surface area contributed by atoms with Gasteiger partial charge >= 0.3 is 0 Å². The second-order valence-electron chi connectivity index (χ2n) is 8.99. The minimum atomic E-state index is -0.744. The molecule has 9 nitrogen and oxygen atoms in total. The fourth-order valence-electron chi connectivity index (χ4n) is 4.10. The molecule has 0 radical (unpaired) electrons. The number of fused-ring (bicyclic) bond motifs is 2. The van der Waals surface area contributed by atoms with E-state index in [1.54, 1.807) is 43.9 Å². The largest absolute Gasteiger partial charge is 0.477 e. The first-order valence-corrected chi connectivity index (χ1v) is 10.4. The molecule has 1 saturated carbocycles. The van der Waals surface area contributed by atoms with Gasteiger partial charge in [-0.1, -0.05) is 0 Å². The highest BCUT2D eigenvalue weighted by molar-refractivity contribution is 5.75. The zero-order valence-electron chi connectivity index (χ0n) is 18.3. The van der Waals surface area contributed by atoms with E-state index in [2.05, 4.69) is 31.8 Å². The SMILES string of the molecule is CC(=O)NC1=C2CC(COc3ccnc(Nc4cn(C(C)(C)C#N)nc4C)n3)(CC1)C2. The van der Waals surface area contributed by atoms with Gasteiger partial charge in [-0.15, -0.1) is 0 Å². The number of hydrogen-bond donors (Lipinski definition) is 2. The Kier molecular flexibility index (Phi) is 5.17. The highest BCUT2D eigenvalue weighted by Crippen LogP contribution is 2.54. The molecule has 0 atom stereocenters. The van der Waals surface area contributed by atoms with Crippen LogP contribution < -0.4 is 15.4 Å². The molecular weight excluding hydrogens is 394 g/mol. The van der Waals surface area contributed by atoms with Crippen LogP contribution in [-0.2, 0) is 10.3 Å². The third-order valence-electron chi connectivity index (χ3n) is 5.98. The number of aryl methyl sites for hydroxylation is 1. The van der Waals surface area contributed by atoms with E-state index in [9.17, 15) is 10.1 Å². The molecule has 3 aliphatic rings. The van der Waals surface area contributed by atoms with Gasteiger partial charge in [-0.25, -0.2) is 4.98 Å². The Morgan fingerprint density at radius 2 is 2.19 bits per heavy atom. The highest BCUT2D eigenvalue weighted by atomic mass is 16.5. The van der Waals surface area contributed by atoms with E-state index in [4.69, 9.17) is 4.74 Å². The molecule has 2 aromatic rings. The van der Waals surface area contributed by atoms with Gasteiger partial charge < -0.3 is 15.4 Å². The Morgan fingerprint density at radius 1 is 1.42 bits per heavy atom. The molecule has 0 aliphatic heterocycles. The first kappa shape index (κ1) is 20.8. The standard InChI is InChI=1S/C22H27N7O2/c1-14-18(11-29(28-14)21(3,4)12-23)26-20-24-8-6-19(27-20)31-13-22-7-5-17(25-15(2)30)16(9-22)10-22/h6,8,11H,5,7,9-10,13H2,1-4H3,(H,25,30)(H,24,26,27). The highest BCUT2D eigenvalue weighted by Gasteiger charge is 2.46. The lowest BCUT2D eigenvalue weighted by atomic mass is 9.59. The number of nitriles is 1. The van der Waals surface area contributed by atoms with Crippen LogP contribution in [0, 0.1) is 23.7 Å². The molecular formula is C22H27N7O2. The van der Waals surface area contributed by atoms with Gasteiger partial charge in [0.25, 0.3) is 0 Å². The molecule has 0 aromatic carbocycles. The summed E-state index contributed by atoms with van der Waals surface area (Å²) in [4.78, 5) is 20.1. The molecule has 2 aromatic heterocycles. The van der Waals surface area contributed by atoms with Crippen molar-refractivity contribution in [1.29, 1.82) is 5.26 Å². The van der Waals surface area contributed by atoms with E-state index in [0.29, 0.717) is 18.4 Å². The predicted octanol–water partition coefficient (Wildman–Crippen LogP) is 3.33. The van der Waals surface area contributed by atoms with Crippen molar-refractivity contribution >= 4 is 17.5 Å². The summed E-state index contributed by atoms with van der Waals surface area (Å²) in [6.07, 6.45) is 7.25. The fourth-order valence-corrected chi connectivity index (χ4v) is 4.10. The average molecular weight is 422 g/mol. The molecule has 0 unspecified atom stereocenters. The van der Waals surface area contributed by atoms with E-state index >= 15 is 0 Å². The Labute approximate surface area is 181 Å². The summed E-state index contributed by atoms with van der Waals surface area (Å²) in [6, 6.07) is 3.98. The first-order chi connectivity index (χ1) is 14.7. The first-order valence-electron chi connectivity index (χ1n) is 10.4. The summed E-state index contributed by atoms with van der Waals surface area (Å²) in [5, 5.41) is 19.9. The molecule has 2 heterocycles. The number of amides is 1. The molecule has 2 bridgehead atoms. The van der Waals surface area contributed by atoms with Crippen LogP contribution in [0.1, 0.15) is 52.1 Å². The molecule has 1 amide bonds. The lowest BCUT2D eigenvalue weighted by Crippen LogP contribution is -2.43. The van der Waals surface area contributed by atoms with Crippen molar-refractivity contribution in [2.24, 2.45) is 5.41 Å². The third kappa shape index (κ3) is 4.24. The Bertz CT molecular complexity index is 1090. The van der Waals surface area contributed by atoms with Gasteiger partial charge in [0.15, 0.2) is 0 Å². The van der Waals surface area contributed by atoms with Crippen molar-refractivity contribution in [3.63, 3.8) is 0 Å². The van der Waals surface area contributed by atoms with Crippen LogP contribution in [0.25, 0.3) is 0 Å². The molecule has 3 aliphatic carbocycles. The lowest BCUT2D eigenvalue weighted by molar-refractivity contribution is -0.118. The van der Waals surface area contributed by atoms with Crippen LogP contribution in [0.4, 0.5) is 11.6 Å². The Balaban J connectivity index is 1.39. The van der Waals surface area contributed by atoms with Gasteiger partial charge in [0.05, 0.1) is 30.3 Å². The molecule has 31 heavy (non-hydrogen) atoms. The van der Waals surface area contributed by atoms with Gasteiger partial charge in [0, 0.05) is 30.3 Å². The smallest absolute Gasteiger partial charge is 0.230 e. The van der Waals surface area contributed by atoms with E-state index in [1.165, 1.54) is 5.57 Å². The van der Waals surface area contributed by atoms with E-state index < -0.39 is 5.54 Å². The minimum absolute atomic E-state index is 0.00358. The van der Waals surface area contributed by atoms with Crippen molar-refractivity contribution < 1.29 is 9.53 Å². The zero-order valence-corrected chi connectivity index (χ0v) is 18.3. The average Bonchev–Trinajstić information content (AvgIpc) is 3.08. The number of carbonyl (C=O) groups is 1. The lowest BCUT2D eigenvalue weighted by Gasteiger charge is -2.48. The van der Waals surface area contributed by atoms with Gasteiger partial charge in [0.1, 0.15) is 5.54 Å². The van der Waals surface area contributed by atoms with Gasteiger partial charge in [-0.05, 0) is 52.0 Å². The summed E-state index contributed by atoms with van der Waals surface area (Å²) < 4.78 is 7.65. The number of nitrogens with zero attached hydrogens (tertiary/aromatic N) is 5. The van der Waals surface area contributed by atoms with Crippen LogP contribution in [0.2, 0.25) is 0 Å². The predicted molar refractivity (Wildman–Crippen MR) is 114 cm³/mol. The maximum absolute atomic E-state index is 11.3. The normalized spacial score (nSPS) is 16.9. The number of rotatable bonds is 7. The van der Waals surface area contributed by atoms with Gasteiger partial charge in [0.2, 0.25) is 17.7 Å². The maximum Gasteiger partial charge on any atom is 0.230 e. The summed E-state index contributed by atoms with van der Waals surface area (Å²) in [6.45, 7) is 7.62. The Hall–Kier alpha value is -3.41. The number of allylic oxidation sites excluding steroid dienone is 2. The van der Waals surface area contributed by atoms with Crippen molar-refractivity contribution in [1.82, 2.24) is 25.1 Å². The monoisotopic (exact) mass is 421 g/mol. The van der Waals surface area contributed by atoms with E-state index in [1.807, 2.05) is 6.92 Å². The van der Waals surface area contributed by atoms with Crippen molar-refractivity contribution in [2.75, 3.05) is 11.9 Å². The van der Waals surface area contributed by atoms with Crippen molar-refractivity contribution in [3.05, 3.63) is 35.4 Å². The topological polar surface area (TPSA) is 118 Å². The summed E-state index contributed by atoms with van der Waals surface area (Å²) in [5.41, 5.74) is 3.32. The minimum Gasteiger partial charge on any atom is -0.477 e. The molecule has 0 saturated heterocycles. The van der Waals surface area contributed by atoms with E-state index in [-0.39, 0.29) is 11.3 Å².